The number of benzene rings is 2. The number of nitrogens with two attached hydrogens (primary N) is 1. The number of nitrogens with one attached hydrogen (secondary N) is 1. The van der Waals surface area contributed by atoms with E-state index in [-0.39, 0.29) is 5.69 Å². The number of nitriles is 1. The Morgan fingerprint density at radius 3 is 2.41 bits per heavy atom. The Balaban J connectivity index is 1.96. The molecule has 3 aromatic rings. The van der Waals surface area contributed by atoms with Crippen molar-refractivity contribution < 1.29 is 9.59 Å². The molecule has 0 aliphatic carbocycles. The lowest BCUT2D eigenvalue weighted by Crippen LogP contribution is -2.52. The average Bonchev–Trinajstić information content (AvgIpc) is 3.04. The summed E-state index contributed by atoms with van der Waals surface area (Å²) in [5, 5.41) is 16.9. The van der Waals surface area contributed by atoms with Crippen molar-refractivity contribution in [1.29, 1.82) is 5.26 Å². The molecular formula is C22H23N5O2. The molecule has 0 saturated heterocycles. The van der Waals surface area contributed by atoms with Gasteiger partial charge in [-0.05, 0) is 29.2 Å². The lowest BCUT2D eigenvalue weighted by molar-refractivity contribution is -0.122. The molecule has 3 rings (SSSR count). The van der Waals surface area contributed by atoms with Gasteiger partial charge < -0.3 is 11.1 Å². The monoisotopic (exact) mass is 389 g/mol. The van der Waals surface area contributed by atoms with E-state index in [1.807, 2.05) is 57.2 Å². The Morgan fingerprint density at radius 1 is 1.17 bits per heavy atom. The fourth-order valence-corrected chi connectivity index (χ4v) is 3.19. The number of carbonyl (C=O) groups excluding carboxylic acids is 2. The number of aromatic nitrogens is 2. The summed E-state index contributed by atoms with van der Waals surface area (Å²) in [6.45, 7) is 5.96. The van der Waals surface area contributed by atoms with E-state index < -0.39 is 23.3 Å². The van der Waals surface area contributed by atoms with Gasteiger partial charge in [-0.1, -0.05) is 51.1 Å². The number of amides is 2. The molecule has 0 bridgehead atoms. The van der Waals surface area contributed by atoms with Crippen LogP contribution < -0.4 is 11.1 Å². The van der Waals surface area contributed by atoms with E-state index in [1.54, 1.807) is 16.8 Å². The number of primary amides is 1. The predicted molar refractivity (Wildman–Crippen MR) is 110 cm³/mol. The van der Waals surface area contributed by atoms with Crippen LogP contribution in [-0.2, 0) is 11.3 Å². The van der Waals surface area contributed by atoms with Crippen molar-refractivity contribution in [3.63, 3.8) is 0 Å². The third-order valence-electron chi connectivity index (χ3n) is 4.71. The first-order chi connectivity index (χ1) is 13.7. The first-order valence-electron chi connectivity index (χ1n) is 9.25. The smallest absolute Gasteiger partial charge is 0.273 e. The summed E-state index contributed by atoms with van der Waals surface area (Å²) >= 11 is 0. The molecule has 0 saturated carbocycles. The second-order valence-electron chi connectivity index (χ2n) is 8.01. The molecule has 29 heavy (non-hydrogen) atoms. The van der Waals surface area contributed by atoms with Gasteiger partial charge in [0.2, 0.25) is 5.91 Å². The van der Waals surface area contributed by atoms with Gasteiger partial charge in [0, 0.05) is 5.39 Å². The Hall–Kier alpha value is -3.66. The van der Waals surface area contributed by atoms with Crippen LogP contribution in [0.5, 0.6) is 0 Å². The van der Waals surface area contributed by atoms with E-state index in [9.17, 15) is 9.59 Å². The number of carbonyl (C=O) groups is 2. The number of nitrogens with zero attached hydrogens (tertiary/aromatic N) is 3. The Bertz CT molecular complexity index is 1100. The molecule has 1 atom stereocenters. The van der Waals surface area contributed by atoms with Crippen LogP contribution >= 0.6 is 0 Å². The molecule has 1 heterocycles. The molecule has 148 valence electrons. The summed E-state index contributed by atoms with van der Waals surface area (Å²) in [5.74, 6) is -1.04. The van der Waals surface area contributed by atoms with Crippen molar-refractivity contribution in [3.8, 4) is 6.07 Å². The summed E-state index contributed by atoms with van der Waals surface area (Å²) in [6.07, 6.45) is 0. The third-order valence-corrected chi connectivity index (χ3v) is 4.71. The summed E-state index contributed by atoms with van der Waals surface area (Å²) in [6, 6.07) is 15.9. The largest absolute Gasteiger partial charge is 0.368 e. The highest BCUT2D eigenvalue weighted by atomic mass is 16.2. The van der Waals surface area contributed by atoms with Gasteiger partial charge in [-0.3, -0.25) is 14.3 Å². The summed E-state index contributed by atoms with van der Waals surface area (Å²) in [5.41, 5.74) is 7.54. The molecule has 0 aliphatic rings. The number of fused-ring (bicyclic) bond motifs is 1. The molecule has 0 radical (unpaired) electrons. The molecule has 7 nitrogen and oxygen atoms in total. The molecule has 7 heteroatoms. The number of hydrogen-bond acceptors (Lipinski definition) is 4. The zero-order valence-electron chi connectivity index (χ0n) is 16.6. The maximum atomic E-state index is 12.9. The van der Waals surface area contributed by atoms with Gasteiger partial charge >= 0.3 is 0 Å². The minimum atomic E-state index is -0.822. The topological polar surface area (TPSA) is 114 Å². The van der Waals surface area contributed by atoms with Gasteiger partial charge in [0.1, 0.15) is 6.04 Å². The van der Waals surface area contributed by atoms with Gasteiger partial charge in [-0.25, -0.2) is 0 Å². The second-order valence-corrected chi connectivity index (χ2v) is 8.01. The minimum Gasteiger partial charge on any atom is -0.368 e. The molecule has 0 spiro atoms. The van der Waals surface area contributed by atoms with Crippen molar-refractivity contribution >= 4 is 22.7 Å². The lowest BCUT2D eigenvalue weighted by atomic mass is 9.86. The van der Waals surface area contributed by atoms with E-state index in [1.165, 1.54) is 0 Å². The van der Waals surface area contributed by atoms with E-state index in [2.05, 4.69) is 16.5 Å². The normalized spacial score (nSPS) is 12.3. The highest BCUT2D eigenvalue weighted by molar-refractivity contribution is 6.06. The third kappa shape index (κ3) is 4.27. The van der Waals surface area contributed by atoms with Gasteiger partial charge in [-0.15, -0.1) is 0 Å². The summed E-state index contributed by atoms with van der Waals surface area (Å²) in [7, 11) is 0. The van der Waals surface area contributed by atoms with Crippen LogP contribution in [-0.4, -0.2) is 27.6 Å². The van der Waals surface area contributed by atoms with Crippen LogP contribution in [0.4, 0.5) is 0 Å². The quantitative estimate of drug-likeness (QED) is 0.698. The van der Waals surface area contributed by atoms with Crippen LogP contribution in [0, 0.1) is 16.7 Å². The first kappa shape index (κ1) is 20.1. The van der Waals surface area contributed by atoms with Gasteiger partial charge in [0.25, 0.3) is 5.91 Å². The predicted octanol–water partition coefficient (Wildman–Crippen LogP) is 2.59. The summed E-state index contributed by atoms with van der Waals surface area (Å²) < 4.78 is 1.74. The molecule has 3 N–H and O–H groups in total. The summed E-state index contributed by atoms with van der Waals surface area (Å²) in [4.78, 5) is 24.8. The second kappa shape index (κ2) is 7.76. The fourth-order valence-electron chi connectivity index (χ4n) is 3.19. The minimum absolute atomic E-state index is 0.241. The number of rotatable bonds is 5. The van der Waals surface area contributed by atoms with Gasteiger partial charge in [0.05, 0.1) is 23.7 Å². The molecule has 1 aromatic heterocycles. The van der Waals surface area contributed by atoms with Crippen molar-refractivity contribution in [2.75, 3.05) is 0 Å². The average molecular weight is 389 g/mol. The van der Waals surface area contributed by atoms with Crippen LogP contribution in [0.25, 0.3) is 10.9 Å². The molecule has 0 unspecified atom stereocenters. The standard InChI is InChI=1S/C22H23N5O2/c1-22(2,3)19(20(24)28)25-21(29)18-16-6-4-5-7-17(16)27(26-18)13-15-10-8-14(12-23)9-11-15/h4-11,19H,13H2,1-3H3,(H2,24,28)(H,25,29)/t19-/m0/s1. The highest BCUT2D eigenvalue weighted by Gasteiger charge is 2.32. The Labute approximate surface area is 169 Å². The molecular weight excluding hydrogens is 366 g/mol. The Kier molecular flexibility index (Phi) is 5.37. The van der Waals surface area contributed by atoms with Crippen molar-refractivity contribution in [1.82, 2.24) is 15.1 Å². The zero-order valence-corrected chi connectivity index (χ0v) is 16.6. The van der Waals surface area contributed by atoms with E-state index in [4.69, 9.17) is 11.0 Å². The van der Waals surface area contributed by atoms with Crippen LogP contribution in [0.15, 0.2) is 48.5 Å². The SMILES string of the molecule is CC(C)(C)[C@@H](NC(=O)c1nn(Cc2ccc(C#N)cc2)c2ccccc12)C(N)=O. The Morgan fingerprint density at radius 2 is 1.83 bits per heavy atom. The molecule has 0 fully saturated rings. The lowest BCUT2D eigenvalue weighted by Gasteiger charge is -2.28. The maximum Gasteiger partial charge on any atom is 0.273 e. The van der Waals surface area contributed by atoms with Crippen molar-refractivity contribution in [2.24, 2.45) is 11.1 Å². The molecule has 2 aromatic carbocycles. The molecule has 2 amide bonds. The van der Waals surface area contributed by atoms with Crippen LogP contribution in [0.3, 0.4) is 0 Å². The van der Waals surface area contributed by atoms with Crippen molar-refractivity contribution in [2.45, 2.75) is 33.4 Å². The maximum absolute atomic E-state index is 12.9. The van der Waals surface area contributed by atoms with E-state index >= 15 is 0 Å². The highest BCUT2D eigenvalue weighted by Crippen LogP contribution is 2.22. The van der Waals surface area contributed by atoms with Crippen molar-refractivity contribution in [3.05, 3.63) is 65.4 Å². The van der Waals surface area contributed by atoms with Crippen LogP contribution in [0.1, 0.15) is 42.4 Å². The number of para-hydroxylation sites is 1. The number of hydrogen-bond donors (Lipinski definition) is 2. The van der Waals surface area contributed by atoms with E-state index in [0.29, 0.717) is 17.5 Å². The zero-order chi connectivity index (χ0) is 21.2. The molecule has 0 aliphatic heterocycles. The van der Waals surface area contributed by atoms with Gasteiger partial charge in [-0.2, -0.15) is 10.4 Å². The van der Waals surface area contributed by atoms with Crippen LogP contribution in [0.2, 0.25) is 0 Å². The van der Waals surface area contributed by atoms with E-state index in [0.717, 1.165) is 11.1 Å². The van der Waals surface area contributed by atoms with Gasteiger partial charge in [0.15, 0.2) is 5.69 Å². The fraction of sp³-hybridized carbons (Fsp3) is 0.273. The first-order valence-corrected chi connectivity index (χ1v) is 9.25.